The molecule has 28 heavy (non-hydrogen) atoms. The molecule has 6 nitrogen and oxygen atoms in total. The van der Waals surface area contributed by atoms with E-state index < -0.39 is 0 Å². The van der Waals surface area contributed by atoms with Gasteiger partial charge >= 0.3 is 5.69 Å². The highest BCUT2D eigenvalue weighted by Gasteiger charge is 2.31. The molecule has 1 unspecified atom stereocenters. The van der Waals surface area contributed by atoms with Gasteiger partial charge in [0, 0.05) is 25.6 Å². The first kappa shape index (κ1) is 18.7. The Kier molecular flexibility index (Phi) is 5.15. The van der Waals surface area contributed by atoms with E-state index in [4.69, 9.17) is 4.98 Å². The summed E-state index contributed by atoms with van der Waals surface area (Å²) in [7, 11) is 0. The topological polar surface area (TPSA) is 64.7 Å². The van der Waals surface area contributed by atoms with Crippen LogP contribution in [0.3, 0.4) is 0 Å². The highest BCUT2D eigenvalue weighted by Crippen LogP contribution is 2.31. The predicted octanol–water partition coefficient (Wildman–Crippen LogP) is 3.47. The van der Waals surface area contributed by atoms with Gasteiger partial charge in [0.15, 0.2) is 5.82 Å². The van der Waals surface area contributed by atoms with E-state index in [1.807, 2.05) is 0 Å². The number of nitrogens with zero attached hydrogens (tertiary/aromatic N) is 4. The number of hydrogen-bond acceptors (Lipinski definition) is 4. The van der Waals surface area contributed by atoms with E-state index >= 15 is 0 Å². The van der Waals surface area contributed by atoms with Gasteiger partial charge in [0.1, 0.15) is 23.2 Å². The van der Waals surface area contributed by atoms with Gasteiger partial charge in [-0.3, -0.25) is 9.13 Å². The van der Waals surface area contributed by atoms with E-state index in [0.29, 0.717) is 25.3 Å². The summed E-state index contributed by atoms with van der Waals surface area (Å²) in [6.07, 6.45) is 4.51. The van der Waals surface area contributed by atoms with Gasteiger partial charge in [-0.1, -0.05) is 32.4 Å². The molecule has 0 bridgehead atoms. The lowest BCUT2D eigenvalue weighted by molar-refractivity contribution is 0.560. The minimum Gasteiger partial charge on any atom is -0.365 e. The number of hydrogen-bond donors (Lipinski definition) is 1. The number of halogens is 1. The zero-order valence-corrected chi connectivity index (χ0v) is 16.4. The van der Waals surface area contributed by atoms with Crippen LogP contribution in [0.15, 0.2) is 29.1 Å². The molecule has 4 rings (SSSR count). The number of rotatable bonds is 7. The maximum Gasteiger partial charge on any atom is 0.331 e. The van der Waals surface area contributed by atoms with Crippen molar-refractivity contribution < 1.29 is 4.39 Å². The largest absolute Gasteiger partial charge is 0.365 e. The second kappa shape index (κ2) is 7.73. The Bertz CT molecular complexity index is 991. The summed E-state index contributed by atoms with van der Waals surface area (Å²) >= 11 is 0. The predicted molar refractivity (Wildman–Crippen MR) is 107 cm³/mol. The zero-order valence-electron chi connectivity index (χ0n) is 16.4. The average Bonchev–Trinajstić information content (AvgIpc) is 3.29. The van der Waals surface area contributed by atoms with E-state index in [1.54, 1.807) is 21.3 Å². The van der Waals surface area contributed by atoms with Crippen molar-refractivity contribution in [1.82, 2.24) is 19.1 Å². The molecule has 0 saturated carbocycles. The summed E-state index contributed by atoms with van der Waals surface area (Å²) in [5, 5.41) is 3.47. The van der Waals surface area contributed by atoms with Crippen molar-refractivity contribution in [3.8, 4) is 11.5 Å². The number of imidazole rings is 1. The second-order valence-electron chi connectivity index (χ2n) is 7.48. The fourth-order valence-corrected chi connectivity index (χ4v) is 3.85. The molecule has 0 saturated heterocycles. The lowest BCUT2D eigenvalue weighted by Gasteiger charge is -2.13. The molecule has 0 fully saturated rings. The van der Waals surface area contributed by atoms with Crippen LogP contribution in [0.25, 0.3) is 11.5 Å². The van der Waals surface area contributed by atoms with E-state index in [-0.39, 0.29) is 17.5 Å². The van der Waals surface area contributed by atoms with E-state index in [0.717, 1.165) is 48.6 Å². The third-order valence-corrected chi connectivity index (χ3v) is 5.24. The lowest BCUT2D eigenvalue weighted by Crippen LogP contribution is -2.32. The standard InChI is InChI=1S/C21H26FN5O/c1-3-5-6-17-24-18-19-23-16(12-14-7-9-15(22)10-8-14)13-27(19)21(28)26(11-4-2)20(18)25-17/h7-10,16,23H,3-6,11-13H2,1-2H3. The van der Waals surface area contributed by atoms with Crippen LogP contribution in [0, 0.1) is 5.82 Å². The molecular weight excluding hydrogens is 357 g/mol. The average molecular weight is 383 g/mol. The fourth-order valence-electron chi connectivity index (χ4n) is 3.85. The van der Waals surface area contributed by atoms with Crippen LogP contribution >= 0.6 is 0 Å². The summed E-state index contributed by atoms with van der Waals surface area (Å²) in [6, 6.07) is 6.59. The first-order valence-corrected chi connectivity index (χ1v) is 10.1. The highest BCUT2D eigenvalue weighted by atomic mass is 19.1. The van der Waals surface area contributed by atoms with E-state index in [2.05, 4.69) is 24.1 Å². The molecule has 1 N–H and O–H groups in total. The lowest BCUT2D eigenvalue weighted by atomic mass is 10.1. The fraction of sp³-hybridized carbons (Fsp3) is 0.476. The number of benzene rings is 1. The molecule has 3 aliphatic rings. The maximum atomic E-state index is 13.2. The van der Waals surface area contributed by atoms with Crippen LogP contribution in [-0.2, 0) is 25.9 Å². The number of aromatic nitrogens is 4. The van der Waals surface area contributed by atoms with Crippen molar-refractivity contribution in [2.45, 2.75) is 65.1 Å². The minimum atomic E-state index is -0.239. The van der Waals surface area contributed by atoms with Crippen LogP contribution in [0.2, 0.25) is 0 Å². The van der Waals surface area contributed by atoms with Crippen LogP contribution in [0.5, 0.6) is 0 Å². The minimum absolute atomic E-state index is 0.0413. The van der Waals surface area contributed by atoms with Crippen LogP contribution in [0.1, 0.15) is 44.5 Å². The molecule has 0 aromatic heterocycles. The summed E-state index contributed by atoms with van der Waals surface area (Å²) in [6.45, 7) is 5.40. The Hall–Kier alpha value is -2.70. The number of unbranched alkanes of at least 4 members (excludes halogenated alkanes) is 1. The maximum absolute atomic E-state index is 13.2. The summed E-state index contributed by atoms with van der Waals surface area (Å²) in [5.41, 5.74) is 1.77. The quantitative estimate of drug-likeness (QED) is 0.678. The van der Waals surface area contributed by atoms with Gasteiger partial charge in [-0.2, -0.15) is 0 Å². The monoisotopic (exact) mass is 383 g/mol. The number of anilines is 1. The van der Waals surface area contributed by atoms with Gasteiger partial charge in [-0.25, -0.2) is 19.2 Å². The molecule has 1 aromatic rings. The summed E-state index contributed by atoms with van der Waals surface area (Å²) < 4.78 is 16.7. The van der Waals surface area contributed by atoms with E-state index in [9.17, 15) is 9.18 Å². The third-order valence-electron chi connectivity index (χ3n) is 5.24. The SMILES string of the molecule is CCCCc1nc2c3n(c(=O)n(CCC)c-2n1)CC(Cc1ccc(F)cc1)N3. The van der Waals surface area contributed by atoms with Crippen molar-refractivity contribution in [3.63, 3.8) is 0 Å². The molecule has 3 aliphatic heterocycles. The van der Waals surface area contributed by atoms with Gasteiger partial charge in [0.05, 0.1) is 0 Å². The zero-order chi connectivity index (χ0) is 19.7. The Morgan fingerprint density at radius 1 is 1.18 bits per heavy atom. The molecule has 1 aromatic carbocycles. The molecule has 148 valence electrons. The first-order valence-electron chi connectivity index (χ1n) is 10.1. The van der Waals surface area contributed by atoms with Crippen molar-refractivity contribution >= 4 is 5.82 Å². The smallest absolute Gasteiger partial charge is 0.331 e. The Morgan fingerprint density at radius 2 is 1.96 bits per heavy atom. The van der Waals surface area contributed by atoms with Crippen LogP contribution in [0.4, 0.5) is 10.2 Å². The number of nitrogens with one attached hydrogen (secondary N) is 1. The molecule has 0 spiro atoms. The molecular formula is C21H26FN5O. The Balaban J connectivity index is 1.69. The van der Waals surface area contributed by atoms with E-state index in [1.165, 1.54) is 12.1 Å². The van der Waals surface area contributed by atoms with Gasteiger partial charge in [-0.15, -0.1) is 0 Å². The molecule has 0 radical (unpaired) electrons. The highest BCUT2D eigenvalue weighted by molar-refractivity contribution is 5.69. The first-order chi connectivity index (χ1) is 13.6. The molecule has 0 aliphatic carbocycles. The third kappa shape index (κ3) is 3.41. The summed E-state index contributed by atoms with van der Waals surface area (Å²) in [4.78, 5) is 22.5. The van der Waals surface area contributed by atoms with Gasteiger partial charge in [0.25, 0.3) is 0 Å². The van der Waals surface area contributed by atoms with Gasteiger partial charge in [0.2, 0.25) is 0 Å². The van der Waals surface area contributed by atoms with Crippen LogP contribution in [-0.4, -0.2) is 25.1 Å². The second-order valence-corrected chi connectivity index (χ2v) is 7.48. The molecule has 1 atom stereocenters. The van der Waals surface area contributed by atoms with Crippen molar-refractivity contribution in [2.24, 2.45) is 0 Å². The normalized spacial score (nSPS) is 15.8. The summed E-state index contributed by atoms with van der Waals surface area (Å²) in [5.74, 6) is 2.00. The van der Waals surface area contributed by atoms with Gasteiger partial charge in [-0.05, 0) is 37.0 Å². The Morgan fingerprint density at radius 3 is 2.68 bits per heavy atom. The van der Waals surface area contributed by atoms with Crippen molar-refractivity contribution in [1.29, 1.82) is 0 Å². The number of fused-ring (bicyclic) bond motifs is 3. The molecule has 3 heterocycles. The van der Waals surface area contributed by atoms with Gasteiger partial charge < -0.3 is 5.32 Å². The van der Waals surface area contributed by atoms with Crippen LogP contribution < -0.4 is 11.0 Å². The molecule has 7 heteroatoms. The van der Waals surface area contributed by atoms with Crippen molar-refractivity contribution in [2.75, 3.05) is 5.32 Å². The molecule has 0 amide bonds. The Labute approximate surface area is 163 Å². The van der Waals surface area contributed by atoms with Crippen molar-refractivity contribution in [3.05, 3.63) is 52.0 Å². The number of aryl methyl sites for hydroxylation is 1.